The molecule has 0 saturated carbocycles. The van der Waals surface area contributed by atoms with Crippen LogP contribution < -0.4 is 0 Å². The van der Waals surface area contributed by atoms with Crippen molar-refractivity contribution in [1.82, 2.24) is 9.80 Å². The molecule has 1 aromatic heterocycles. The maximum atomic E-state index is 11.9. The van der Waals surface area contributed by atoms with E-state index < -0.39 is 0 Å². The van der Waals surface area contributed by atoms with Crippen LogP contribution in [0.3, 0.4) is 0 Å². The molecule has 0 unspecified atom stereocenters. The van der Waals surface area contributed by atoms with Gasteiger partial charge in [-0.3, -0.25) is 9.69 Å². The summed E-state index contributed by atoms with van der Waals surface area (Å²) in [6.07, 6.45) is 1.51. The summed E-state index contributed by atoms with van der Waals surface area (Å²) in [4.78, 5) is 15.8. The monoisotopic (exact) mass is 254 g/mol. The molecule has 2 heterocycles. The van der Waals surface area contributed by atoms with Gasteiger partial charge in [0, 0.05) is 32.7 Å². The zero-order valence-corrected chi connectivity index (χ0v) is 11.1. The molecule has 0 aromatic carbocycles. The summed E-state index contributed by atoms with van der Waals surface area (Å²) < 4.78 is 5.08. The summed E-state index contributed by atoms with van der Waals surface area (Å²) in [6, 6.07) is 3.40. The van der Waals surface area contributed by atoms with Gasteiger partial charge in [-0.05, 0) is 12.1 Å². The lowest BCUT2D eigenvalue weighted by Crippen LogP contribution is -2.49. The van der Waals surface area contributed by atoms with Crippen LogP contribution in [0.25, 0.3) is 0 Å². The minimum Gasteiger partial charge on any atom is -0.459 e. The summed E-state index contributed by atoms with van der Waals surface area (Å²) in [5, 5.41) is 8.81. The number of furan rings is 1. The van der Waals surface area contributed by atoms with Gasteiger partial charge in [0.2, 0.25) is 0 Å². The molecule has 5 nitrogen and oxygen atoms in total. The Hall–Kier alpha value is -1.33. The first-order valence-electron chi connectivity index (χ1n) is 6.47. The summed E-state index contributed by atoms with van der Waals surface area (Å²) in [5.74, 6) is 0.351. The third-order valence-electron chi connectivity index (χ3n) is 2.81. The molecule has 1 aliphatic heterocycles. The summed E-state index contributed by atoms with van der Waals surface area (Å²) >= 11 is 0. The Bertz CT molecular complexity index is 330. The number of carbonyl (C=O) groups excluding carboxylic acids is 1. The van der Waals surface area contributed by atoms with Gasteiger partial charge in [0.25, 0.3) is 5.91 Å². The molecule has 1 N–H and O–H groups in total. The number of aliphatic hydroxyl groups is 1. The van der Waals surface area contributed by atoms with Crippen LogP contribution in [0.15, 0.2) is 22.8 Å². The van der Waals surface area contributed by atoms with Crippen molar-refractivity contribution < 1.29 is 14.3 Å². The van der Waals surface area contributed by atoms with Gasteiger partial charge < -0.3 is 14.4 Å². The number of hydrogen-bond donors (Lipinski definition) is 1. The van der Waals surface area contributed by atoms with Crippen molar-refractivity contribution in [3.05, 3.63) is 24.2 Å². The van der Waals surface area contributed by atoms with E-state index in [9.17, 15) is 4.79 Å². The lowest BCUT2D eigenvalue weighted by Gasteiger charge is -2.33. The first-order chi connectivity index (χ1) is 8.81. The summed E-state index contributed by atoms with van der Waals surface area (Å²) in [7, 11) is 0. The van der Waals surface area contributed by atoms with E-state index in [1.165, 1.54) is 6.26 Å². The third kappa shape index (κ3) is 3.85. The number of piperazine rings is 1. The van der Waals surface area contributed by atoms with E-state index in [1.54, 1.807) is 17.0 Å². The van der Waals surface area contributed by atoms with Gasteiger partial charge in [0.05, 0.1) is 12.9 Å². The molecule has 5 heteroatoms. The minimum atomic E-state index is -0.0475. The maximum Gasteiger partial charge on any atom is 0.289 e. The highest BCUT2D eigenvalue weighted by Gasteiger charge is 2.22. The summed E-state index contributed by atoms with van der Waals surface area (Å²) in [6.45, 7) is 7.87. The van der Waals surface area contributed by atoms with E-state index >= 15 is 0 Å². The predicted octanol–water partition coefficient (Wildman–Crippen LogP) is 1.06. The predicted molar refractivity (Wildman–Crippen MR) is 69.5 cm³/mol. The van der Waals surface area contributed by atoms with Crippen LogP contribution in [-0.2, 0) is 0 Å². The normalized spacial score (nSPS) is 16.1. The van der Waals surface area contributed by atoms with Crippen molar-refractivity contribution >= 4 is 5.91 Å². The van der Waals surface area contributed by atoms with Crippen molar-refractivity contribution in [1.29, 1.82) is 0 Å². The van der Waals surface area contributed by atoms with Gasteiger partial charge in [-0.2, -0.15) is 0 Å². The van der Waals surface area contributed by atoms with Gasteiger partial charge in [-0.25, -0.2) is 0 Å². The fraction of sp³-hybridized carbons (Fsp3) is 0.615. The van der Waals surface area contributed by atoms with Gasteiger partial charge in [0.1, 0.15) is 0 Å². The topological polar surface area (TPSA) is 56.9 Å². The molecule has 1 aliphatic rings. The molecule has 1 fully saturated rings. The zero-order valence-electron chi connectivity index (χ0n) is 11.1. The van der Waals surface area contributed by atoms with Crippen molar-refractivity contribution in [2.75, 3.05) is 39.3 Å². The van der Waals surface area contributed by atoms with E-state index in [-0.39, 0.29) is 12.5 Å². The van der Waals surface area contributed by atoms with Crippen LogP contribution in [0, 0.1) is 0 Å². The zero-order chi connectivity index (χ0) is 13.4. The quantitative estimate of drug-likeness (QED) is 0.876. The first kappa shape index (κ1) is 14.7. The van der Waals surface area contributed by atoms with Crippen LogP contribution in [0.5, 0.6) is 0 Å². The van der Waals surface area contributed by atoms with Crippen molar-refractivity contribution in [2.45, 2.75) is 13.8 Å². The summed E-state index contributed by atoms with van der Waals surface area (Å²) in [5.41, 5.74) is 0. The average molecular weight is 254 g/mol. The molecule has 0 atom stereocenters. The Morgan fingerprint density at radius 3 is 2.50 bits per heavy atom. The van der Waals surface area contributed by atoms with Crippen molar-refractivity contribution in [3.63, 3.8) is 0 Å². The highest BCUT2D eigenvalue weighted by atomic mass is 16.3. The number of rotatable bonds is 3. The molecular formula is C13H22N2O3. The van der Waals surface area contributed by atoms with Gasteiger partial charge in [0.15, 0.2) is 5.76 Å². The molecule has 1 amide bonds. The van der Waals surface area contributed by atoms with E-state index in [0.717, 1.165) is 13.1 Å². The number of hydrogen-bond acceptors (Lipinski definition) is 4. The second kappa shape index (κ2) is 7.89. The molecule has 2 rings (SSSR count). The van der Waals surface area contributed by atoms with E-state index in [0.29, 0.717) is 25.4 Å². The number of aliphatic hydroxyl groups excluding tert-OH is 1. The fourth-order valence-corrected chi connectivity index (χ4v) is 1.87. The van der Waals surface area contributed by atoms with Crippen LogP contribution in [0.4, 0.5) is 0 Å². The molecule has 0 bridgehead atoms. The third-order valence-corrected chi connectivity index (χ3v) is 2.81. The smallest absolute Gasteiger partial charge is 0.289 e. The van der Waals surface area contributed by atoms with Crippen LogP contribution in [0.2, 0.25) is 0 Å². The Balaban J connectivity index is 0.000000771. The second-order valence-corrected chi connectivity index (χ2v) is 3.83. The SMILES string of the molecule is CC.O=C(c1ccco1)N1CCN(CCO)CC1. The van der Waals surface area contributed by atoms with Crippen LogP contribution in [0.1, 0.15) is 24.4 Å². The Kier molecular flexibility index (Phi) is 6.46. The van der Waals surface area contributed by atoms with Crippen LogP contribution in [-0.4, -0.2) is 60.1 Å². The minimum absolute atomic E-state index is 0.0475. The molecule has 0 radical (unpaired) electrons. The second-order valence-electron chi connectivity index (χ2n) is 3.83. The standard InChI is InChI=1S/C11H16N2O3.C2H6/c14-8-7-12-3-5-13(6-4-12)11(15)10-2-1-9-16-10;1-2/h1-2,9,14H,3-8H2;1-2H3. The molecule has 0 aliphatic carbocycles. The van der Waals surface area contributed by atoms with Gasteiger partial charge in [-0.1, -0.05) is 13.8 Å². The van der Waals surface area contributed by atoms with Crippen molar-refractivity contribution in [2.24, 2.45) is 0 Å². The largest absolute Gasteiger partial charge is 0.459 e. The van der Waals surface area contributed by atoms with Crippen molar-refractivity contribution in [3.8, 4) is 0 Å². The number of β-amino-alcohol motifs (C(OH)–C–C–N with tert-alkyl or cyclic N) is 1. The molecule has 1 aromatic rings. The maximum absolute atomic E-state index is 11.9. The van der Waals surface area contributed by atoms with Crippen LogP contribution >= 0.6 is 0 Å². The van der Waals surface area contributed by atoms with E-state index in [2.05, 4.69) is 4.90 Å². The average Bonchev–Trinajstić information content (AvgIpc) is 2.95. The Labute approximate surface area is 108 Å². The fourth-order valence-electron chi connectivity index (χ4n) is 1.87. The molecule has 102 valence electrons. The molecule has 0 spiro atoms. The number of amides is 1. The molecule has 18 heavy (non-hydrogen) atoms. The molecule has 1 saturated heterocycles. The Morgan fingerprint density at radius 2 is 2.00 bits per heavy atom. The van der Waals surface area contributed by atoms with E-state index in [1.807, 2.05) is 13.8 Å². The number of carbonyl (C=O) groups is 1. The first-order valence-corrected chi connectivity index (χ1v) is 6.47. The molecular weight excluding hydrogens is 232 g/mol. The highest BCUT2D eigenvalue weighted by Crippen LogP contribution is 2.08. The Morgan fingerprint density at radius 1 is 1.33 bits per heavy atom. The number of nitrogens with zero attached hydrogens (tertiary/aromatic N) is 2. The lowest BCUT2D eigenvalue weighted by atomic mass is 10.3. The van der Waals surface area contributed by atoms with E-state index in [4.69, 9.17) is 9.52 Å². The highest BCUT2D eigenvalue weighted by molar-refractivity contribution is 5.91. The van der Waals surface area contributed by atoms with Gasteiger partial charge in [-0.15, -0.1) is 0 Å². The lowest BCUT2D eigenvalue weighted by molar-refractivity contribution is 0.0585. The van der Waals surface area contributed by atoms with Gasteiger partial charge >= 0.3 is 0 Å².